The van der Waals surface area contributed by atoms with Crippen molar-refractivity contribution in [1.29, 1.82) is 0 Å². The fraction of sp³-hybridized carbons (Fsp3) is 0.300. The van der Waals surface area contributed by atoms with E-state index in [1.807, 2.05) is 24.3 Å². The van der Waals surface area contributed by atoms with E-state index in [0.29, 0.717) is 12.2 Å². The first kappa shape index (κ1) is 17.2. The van der Waals surface area contributed by atoms with E-state index in [1.165, 1.54) is 12.1 Å². The highest BCUT2D eigenvalue weighted by molar-refractivity contribution is 6.13. The van der Waals surface area contributed by atoms with E-state index in [4.69, 9.17) is 0 Å². The van der Waals surface area contributed by atoms with Crippen molar-refractivity contribution in [2.24, 2.45) is 5.92 Å². The van der Waals surface area contributed by atoms with Gasteiger partial charge >= 0.3 is 0 Å². The Labute approximate surface area is 156 Å². The summed E-state index contributed by atoms with van der Waals surface area (Å²) in [7, 11) is 0. The monoisotopic (exact) mass is 365 g/mol. The summed E-state index contributed by atoms with van der Waals surface area (Å²) < 4.78 is 0. The molecule has 1 fully saturated rings. The number of nitro groups is 1. The summed E-state index contributed by atoms with van der Waals surface area (Å²) in [6.07, 6.45) is 1.76. The van der Waals surface area contributed by atoms with E-state index in [-0.39, 0.29) is 23.4 Å². The second kappa shape index (κ2) is 6.50. The summed E-state index contributed by atoms with van der Waals surface area (Å²) in [5.41, 5.74) is 2.23. The van der Waals surface area contributed by atoms with Crippen molar-refractivity contribution < 1.29 is 14.5 Å². The van der Waals surface area contributed by atoms with Crippen LogP contribution in [0.2, 0.25) is 0 Å². The number of non-ortho nitro benzene ring substituents is 1. The lowest BCUT2D eigenvalue weighted by molar-refractivity contribution is -0.384. The number of carbonyl (C=O) groups is 2. The third-order valence-electron chi connectivity index (χ3n) is 5.09. The highest BCUT2D eigenvalue weighted by Crippen LogP contribution is 2.41. The normalized spacial score (nSPS) is 19.0. The first-order valence-corrected chi connectivity index (χ1v) is 8.94. The van der Waals surface area contributed by atoms with Gasteiger partial charge in [0, 0.05) is 18.1 Å². The van der Waals surface area contributed by atoms with Crippen LogP contribution in [0.5, 0.6) is 0 Å². The summed E-state index contributed by atoms with van der Waals surface area (Å²) >= 11 is 0. The molecule has 1 saturated carbocycles. The maximum atomic E-state index is 13.0. The molecule has 1 atom stereocenters. The minimum Gasteiger partial charge on any atom is -0.304 e. The van der Waals surface area contributed by atoms with Crippen molar-refractivity contribution in [2.75, 3.05) is 9.80 Å². The van der Waals surface area contributed by atoms with E-state index < -0.39 is 11.0 Å². The summed E-state index contributed by atoms with van der Waals surface area (Å²) in [5, 5.41) is 10.8. The van der Waals surface area contributed by atoms with Crippen LogP contribution in [0.4, 0.5) is 17.1 Å². The van der Waals surface area contributed by atoms with Crippen LogP contribution in [0.15, 0.2) is 48.5 Å². The number of anilines is 2. The zero-order chi connectivity index (χ0) is 19.1. The Morgan fingerprint density at radius 1 is 1.11 bits per heavy atom. The first-order valence-electron chi connectivity index (χ1n) is 8.94. The molecule has 0 N–H and O–H groups in total. The molecule has 7 nitrogen and oxygen atoms in total. The van der Waals surface area contributed by atoms with Gasteiger partial charge in [-0.1, -0.05) is 24.3 Å². The summed E-state index contributed by atoms with van der Waals surface area (Å²) in [6, 6.07) is 13.0. The minimum atomic E-state index is -0.578. The van der Waals surface area contributed by atoms with Gasteiger partial charge in [-0.2, -0.15) is 0 Å². The van der Waals surface area contributed by atoms with Gasteiger partial charge in [0.1, 0.15) is 6.04 Å². The third-order valence-corrected chi connectivity index (χ3v) is 5.09. The molecule has 2 aromatic rings. The number of para-hydroxylation sites is 2. The lowest BCUT2D eigenvalue weighted by atomic mass is 10.0. The third kappa shape index (κ3) is 3.05. The predicted molar refractivity (Wildman–Crippen MR) is 100 cm³/mol. The number of hydrogen-bond donors (Lipinski definition) is 0. The maximum absolute atomic E-state index is 13.0. The number of amides is 2. The zero-order valence-electron chi connectivity index (χ0n) is 14.9. The van der Waals surface area contributed by atoms with Crippen molar-refractivity contribution in [3.05, 3.63) is 64.2 Å². The van der Waals surface area contributed by atoms with Gasteiger partial charge < -0.3 is 4.90 Å². The second-order valence-corrected chi connectivity index (χ2v) is 7.00. The van der Waals surface area contributed by atoms with Crippen LogP contribution in [-0.2, 0) is 16.1 Å². The number of rotatable bonds is 4. The van der Waals surface area contributed by atoms with Crippen LogP contribution in [0.1, 0.15) is 25.3 Å². The van der Waals surface area contributed by atoms with Gasteiger partial charge in [0.15, 0.2) is 0 Å². The zero-order valence-corrected chi connectivity index (χ0v) is 14.9. The second-order valence-electron chi connectivity index (χ2n) is 7.00. The molecule has 0 saturated heterocycles. The lowest BCUT2D eigenvalue weighted by Crippen LogP contribution is -2.54. The Hall–Kier alpha value is -3.22. The fourth-order valence-corrected chi connectivity index (χ4v) is 3.46. The molecular formula is C20H19N3O4. The van der Waals surface area contributed by atoms with Gasteiger partial charge in [0.25, 0.3) is 5.69 Å². The smallest absolute Gasteiger partial charge is 0.269 e. The number of hydrogen-bond acceptors (Lipinski definition) is 4. The molecule has 2 aliphatic rings. The largest absolute Gasteiger partial charge is 0.304 e. The highest BCUT2D eigenvalue weighted by atomic mass is 16.6. The Bertz CT molecular complexity index is 921. The van der Waals surface area contributed by atoms with Gasteiger partial charge in [0.2, 0.25) is 11.8 Å². The van der Waals surface area contributed by atoms with Gasteiger partial charge in [0.05, 0.1) is 22.8 Å². The predicted octanol–water partition coefficient (Wildman–Crippen LogP) is 3.27. The molecule has 0 spiro atoms. The van der Waals surface area contributed by atoms with Crippen molar-refractivity contribution in [3.63, 3.8) is 0 Å². The average Bonchev–Trinajstić information content (AvgIpc) is 3.51. The van der Waals surface area contributed by atoms with Crippen LogP contribution in [0.3, 0.4) is 0 Å². The molecule has 2 aromatic carbocycles. The fourth-order valence-electron chi connectivity index (χ4n) is 3.46. The molecule has 1 aliphatic carbocycles. The number of benzene rings is 2. The van der Waals surface area contributed by atoms with Gasteiger partial charge in [-0.05, 0) is 37.5 Å². The van der Waals surface area contributed by atoms with E-state index >= 15 is 0 Å². The average molecular weight is 365 g/mol. The maximum Gasteiger partial charge on any atom is 0.269 e. The molecule has 138 valence electrons. The van der Waals surface area contributed by atoms with Crippen LogP contribution >= 0.6 is 0 Å². The van der Waals surface area contributed by atoms with Crippen LogP contribution in [0.25, 0.3) is 0 Å². The number of fused-ring (bicyclic) bond motifs is 1. The molecule has 0 aromatic heterocycles. The van der Waals surface area contributed by atoms with E-state index in [9.17, 15) is 19.7 Å². The molecule has 1 aliphatic heterocycles. The van der Waals surface area contributed by atoms with Crippen LogP contribution < -0.4 is 9.80 Å². The minimum absolute atomic E-state index is 0.0123. The Kier molecular flexibility index (Phi) is 4.14. The molecule has 0 radical (unpaired) electrons. The van der Waals surface area contributed by atoms with Gasteiger partial charge in [-0.25, -0.2) is 0 Å². The Balaban J connectivity index is 1.68. The first-order chi connectivity index (χ1) is 13.0. The van der Waals surface area contributed by atoms with Crippen molar-refractivity contribution in [3.8, 4) is 0 Å². The standard InChI is InChI=1S/C20H19N3O4/c1-13-19(24)21(12-14-6-10-16(11-7-14)23(26)27)17-4-2-3-5-18(17)22(13)20(25)15-8-9-15/h2-7,10-11,13,15H,8-9,12H2,1H3/t13-/m1/s1. The van der Waals surface area contributed by atoms with Crippen molar-refractivity contribution >= 4 is 28.9 Å². The molecule has 0 unspecified atom stereocenters. The van der Waals surface area contributed by atoms with Crippen molar-refractivity contribution in [1.82, 2.24) is 0 Å². The van der Waals surface area contributed by atoms with Gasteiger partial charge in [-0.3, -0.25) is 24.6 Å². The van der Waals surface area contributed by atoms with Gasteiger partial charge in [-0.15, -0.1) is 0 Å². The quantitative estimate of drug-likeness (QED) is 0.615. The molecule has 7 heteroatoms. The molecule has 0 bridgehead atoms. The summed E-state index contributed by atoms with van der Waals surface area (Å²) in [4.78, 5) is 39.4. The van der Waals surface area contributed by atoms with E-state index in [0.717, 1.165) is 24.1 Å². The molecule has 2 amide bonds. The summed E-state index contributed by atoms with van der Waals surface area (Å²) in [5.74, 6) is -0.117. The number of nitrogens with zero attached hydrogens (tertiary/aromatic N) is 3. The molecule has 1 heterocycles. The van der Waals surface area contributed by atoms with E-state index in [2.05, 4.69) is 0 Å². The Morgan fingerprint density at radius 2 is 1.74 bits per heavy atom. The molecule has 27 heavy (non-hydrogen) atoms. The number of nitro benzene ring substituents is 1. The van der Waals surface area contributed by atoms with Crippen molar-refractivity contribution in [2.45, 2.75) is 32.4 Å². The SMILES string of the molecule is C[C@@H]1C(=O)N(Cc2ccc([N+](=O)[O-])cc2)c2ccccc2N1C(=O)C1CC1. The molecular weight excluding hydrogens is 346 g/mol. The van der Waals surface area contributed by atoms with Crippen LogP contribution in [0, 0.1) is 16.0 Å². The topological polar surface area (TPSA) is 83.8 Å². The highest BCUT2D eigenvalue weighted by Gasteiger charge is 2.43. The Morgan fingerprint density at radius 3 is 2.33 bits per heavy atom. The van der Waals surface area contributed by atoms with E-state index in [1.54, 1.807) is 28.9 Å². The molecule has 4 rings (SSSR count). The summed E-state index contributed by atoms with van der Waals surface area (Å²) in [6.45, 7) is 2.05. The lowest BCUT2D eigenvalue weighted by Gasteiger charge is -2.40. The number of carbonyl (C=O) groups excluding carboxylic acids is 2. The van der Waals surface area contributed by atoms with Crippen LogP contribution in [-0.4, -0.2) is 22.8 Å².